The number of rotatable bonds is 14. The number of nitrogens with one attached hydrogen (secondary N) is 1. The van der Waals surface area contributed by atoms with Crippen molar-refractivity contribution in [3.05, 3.63) is 75.7 Å². The topological polar surface area (TPSA) is 95.5 Å². The number of carbonyl (C=O) groups is 2. The van der Waals surface area contributed by atoms with Crippen molar-refractivity contribution in [1.82, 2.24) is 5.32 Å². The maximum atomic E-state index is 13.0. The van der Waals surface area contributed by atoms with Gasteiger partial charge in [0.2, 0.25) is 24.4 Å². The number of unbranched alkanes of at least 4 members (excludes halogenated alkanes) is 2. The normalized spacial score (nSPS) is 14.6. The minimum Gasteiger partial charge on any atom is -0.372 e. The molecule has 0 aliphatic heterocycles. The zero-order chi connectivity index (χ0) is 25.9. The van der Waals surface area contributed by atoms with Crippen LogP contribution in [0, 0.1) is 4.91 Å². The molecule has 2 aromatic carbocycles. The molecule has 2 aromatic rings. The summed E-state index contributed by atoms with van der Waals surface area (Å²) in [5, 5.41) is 2.86. The van der Waals surface area contributed by atoms with E-state index in [0.29, 0.717) is 19.5 Å². The van der Waals surface area contributed by atoms with Crippen molar-refractivity contribution < 1.29 is 14.3 Å². The molecule has 3 rings (SSSR count). The highest BCUT2D eigenvalue weighted by molar-refractivity contribution is 5.91. The first kappa shape index (κ1) is 27.1. The number of nitroso groups, excluding NO2 is 1. The summed E-state index contributed by atoms with van der Waals surface area (Å²) < 4.78 is 1.20. The Morgan fingerprint density at radius 2 is 1.83 bits per heavy atom. The molecular weight excluding hydrogens is 452 g/mol. The average Bonchev–Trinajstić information content (AvgIpc) is 3.30. The number of amides is 2. The summed E-state index contributed by atoms with van der Waals surface area (Å²) in [5.74, 6) is -0.424. The number of primary amides is 1. The van der Waals surface area contributed by atoms with E-state index in [1.807, 2.05) is 18.2 Å². The highest BCUT2D eigenvalue weighted by Gasteiger charge is 2.34. The number of aryl methyl sites for hydroxylation is 1. The van der Waals surface area contributed by atoms with Gasteiger partial charge in [-0.25, -0.2) is 0 Å². The number of anilines is 1. The quantitative estimate of drug-likeness (QED) is 0.228. The molecule has 2 amide bonds. The second kappa shape index (κ2) is 13.6. The van der Waals surface area contributed by atoms with E-state index in [9.17, 15) is 14.5 Å². The number of hydrogen-bond donors (Lipinski definition) is 2. The molecule has 0 radical (unpaired) electrons. The van der Waals surface area contributed by atoms with E-state index >= 15 is 0 Å². The van der Waals surface area contributed by atoms with Crippen molar-refractivity contribution in [1.29, 1.82) is 0 Å². The zero-order valence-electron chi connectivity index (χ0n) is 21.5. The summed E-state index contributed by atoms with van der Waals surface area (Å²) >= 11 is 0. The van der Waals surface area contributed by atoms with E-state index < -0.39 is 0 Å². The Kier molecular flexibility index (Phi) is 10.2. The van der Waals surface area contributed by atoms with Gasteiger partial charge >= 0.3 is 0 Å². The third kappa shape index (κ3) is 7.77. The van der Waals surface area contributed by atoms with Gasteiger partial charge in [-0.05, 0) is 62.4 Å². The van der Waals surface area contributed by atoms with Gasteiger partial charge in [0.05, 0.1) is 0 Å². The van der Waals surface area contributed by atoms with Crippen LogP contribution in [0.15, 0.2) is 48.5 Å². The van der Waals surface area contributed by atoms with Crippen molar-refractivity contribution in [2.75, 3.05) is 24.5 Å². The number of nitrogens with two attached hydrogens (primary N) is 1. The first-order valence-corrected chi connectivity index (χ1v) is 13.1. The second-order valence-electron chi connectivity index (χ2n) is 9.33. The van der Waals surface area contributed by atoms with Crippen LogP contribution in [-0.2, 0) is 22.6 Å². The number of carbonyl (C=O) groups excluding carboxylic acids is 2. The minimum absolute atomic E-state index is 0.138. The smallest absolute Gasteiger partial charge is 0.243 e. The van der Waals surface area contributed by atoms with E-state index in [4.69, 9.17) is 5.73 Å². The number of benzene rings is 2. The molecule has 36 heavy (non-hydrogen) atoms. The molecule has 7 heteroatoms. The van der Waals surface area contributed by atoms with Crippen LogP contribution < -0.4 is 16.0 Å². The molecule has 0 bridgehead atoms. The summed E-state index contributed by atoms with van der Waals surface area (Å²) in [7, 11) is 0. The molecule has 192 valence electrons. The first-order chi connectivity index (χ1) is 17.4. The number of fused-ring (bicyclic) bond motifs is 1. The lowest BCUT2D eigenvalue weighted by molar-refractivity contribution is -0.607. The average molecular weight is 492 g/mol. The van der Waals surface area contributed by atoms with Crippen LogP contribution in [0.3, 0.4) is 0 Å². The molecule has 7 nitrogen and oxygen atoms in total. The fourth-order valence-corrected chi connectivity index (χ4v) is 4.75. The summed E-state index contributed by atoms with van der Waals surface area (Å²) in [4.78, 5) is 38.1. The first-order valence-electron chi connectivity index (χ1n) is 13.1. The zero-order valence-corrected chi connectivity index (χ0v) is 21.5. The van der Waals surface area contributed by atoms with E-state index in [0.717, 1.165) is 61.9 Å². The van der Waals surface area contributed by atoms with Gasteiger partial charge in [0.1, 0.15) is 0 Å². The van der Waals surface area contributed by atoms with Gasteiger partial charge in [-0.1, -0.05) is 36.8 Å². The SMILES string of the molecule is CCN(CC)c1ccc(C[N+](=O)C2CCc3cc(/C=C/C(=O)NCCCCCC(N)=O)ccc32)cc1. The minimum atomic E-state index is -0.286. The van der Waals surface area contributed by atoms with Crippen molar-refractivity contribution in [2.45, 2.75) is 65.0 Å². The van der Waals surface area contributed by atoms with E-state index in [2.05, 4.69) is 54.4 Å². The Labute approximate surface area is 214 Å². The van der Waals surface area contributed by atoms with Crippen LogP contribution in [0.4, 0.5) is 5.69 Å². The van der Waals surface area contributed by atoms with Crippen LogP contribution >= 0.6 is 0 Å². The Morgan fingerprint density at radius 3 is 2.53 bits per heavy atom. The molecular formula is C29H39N4O3+. The molecule has 0 spiro atoms. The monoisotopic (exact) mass is 491 g/mol. The Morgan fingerprint density at radius 1 is 1.08 bits per heavy atom. The lowest BCUT2D eigenvalue weighted by Gasteiger charge is -2.20. The van der Waals surface area contributed by atoms with Gasteiger partial charge in [-0.3, -0.25) is 9.59 Å². The molecule has 1 aliphatic carbocycles. The summed E-state index contributed by atoms with van der Waals surface area (Å²) in [6.07, 6.45) is 7.83. The molecule has 0 saturated carbocycles. The van der Waals surface area contributed by atoms with Crippen LogP contribution in [0.2, 0.25) is 0 Å². The molecule has 0 heterocycles. The number of nitrogens with zero attached hydrogens (tertiary/aromatic N) is 2. The summed E-state index contributed by atoms with van der Waals surface area (Å²) in [5.41, 5.74) is 10.5. The maximum absolute atomic E-state index is 13.0. The molecule has 1 aliphatic rings. The summed E-state index contributed by atoms with van der Waals surface area (Å²) in [6.45, 7) is 7.15. The highest BCUT2D eigenvalue weighted by atomic mass is 16.3. The molecule has 1 atom stereocenters. The van der Waals surface area contributed by atoms with Crippen LogP contribution in [0.5, 0.6) is 0 Å². The van der Waals surface area contributed by atoms with Crippen LogP contribution in [-0.4, -0.2) is 36.2 Å². The van der Waals surface area contributed by atoms with Crippen molar-refractivity contribution in [3.8, 4) is 0 Å². The van der Waals surface area contributed by atoms with Crippen LogP contribution in [0.1, 0.15) is 74.2 Å². The lowest BCUT2D eigenvalue weighted by Crippen LogP contribution is -2.22. The van der Waals surface area contributed by atoms with Gasteiger partial charge in [0.15, 0.2) is 0 Å². The second-order valence-corrected chi connectivity index (χ2v) is 9.33. The third-order valence-corrected chi connectivity index (χ3v) is 6.79. The van der Waals surface area contributed by atoms with E-state index in [1.54, 1.807) is 6.08 Å². The predicted octanol–water partition coefficient (Wildman–Crippen LogP) is 4.67. The van der Waals surface area contributed by atoms with Crippen molar-refractivity contribution in [2.24, 2.45) is 5.73 Å². The van der Waals surface area contributed by atoms with Gasteiger partial charge in [0, 0.05) is 65.0 Å². The van der Waals surface area contributed by atoms with E-state index in [-0.39, 0.29) is 17.9 Å². The Balaban J connectivity index is 1.50. The summed E-state index contributed by atoms with van der Waals surface area (Å²) in [6, 6.07) is 14.2. The highest BCUT2D eigenvalue weighted by Crippen LogP contribution is 2.35. The number of hydrogen-bond acceptors (Lipinski definition) is 4. The predicted molar refractivity (Wildman–Crippen MR) is 145 cm³/mol. The van der Waals surface area contributed by atoms with Gasteiger partial charge < -0.3 is 16.0 Å². The van der Waals surface area contributed by atoms with Gasteiger partial charge in [-0.15, -0.1) is 0 Å². The fraction of sp³-hybridized carbons (Fsp3) is 0.448. The molecule has 0 fully saturated rings. The van der Waals surface area contributed by atoms with Crippen LogP contribution in [0.25, 0.3) is 6.08 Å². The Bertz CT molecular complexity index is 1070. The Hall–Kier alpha value is -3.48. The largest absolute Gasteiger partial charge is 0.372 e. The fourth-order valence-electron chi connectivity index (χ4n) is 4.75. The van der Waals surface area contributed by atoms with Gasteiger partial charge in [0.25, 0.3) is 0 Å². The van der Waals surface area contributed by atoms with E-state index in [1.165, 1.54) is 16.0 Å². The van der Waals surface area contributed by atoms with Crippen molar-refractivity contribution >= 4 is 23.6 Å². The molecule has 1 unspecified atom stereocenters. The maximum Gasteiger partial charge on any atom is 0.243 e. The lowest BCUT2D eigenvalue weighted by atomic mass is 10.0. The molecule has 3 N–H and O–H groups in total. The molecule has 0 aromatic heterocycles. The third-order valence-electron chi connectivity index (χ3n) is 6.79. The standard InChI is InChI=1S/C29H38N4O3/c1-3-32(4-2)25-14-9-23(10-15-25)21-33(36)27-17-13-24-20-22(11-16-26(24)27)12-18-29(35)31-19-7-5-6-8-28(30)34/h9-12,14-16,18,20,27H,3-8,13,17,19,21H2,1-2H3,(H2-,30,31,34,35)/p+1/b18-12+. The molecule has 0 saturated heterocycles. The van der Waals surface area contributed by atoms with Gasteiger partial charge in [-0.2, -0.15) is 0 Å². The van der Waals surface area contributed by atoms with Crippen molar-refractivity contribution in [3.63, 3.8) is 0 Å².